The number of hydrogen-bond acceptors (Lipinski definition) is 6. The highest BCUT2D eigenvalue weighted by Gasteiger charge is 2.25. The van der Waals surface area contributed by atoms with Gasteiger partial charge in [-0.25, -0.2) is 18.4 Å². The molecule has 0 heterocycles. The molecular weight excluding hydrogens is 408 g/mol. The van der Waals surface area contributed by atoms with Gasteiger partial charge in [0.2, 0.25) is 15.9 Å². The smallest absolute Gasteiger partial charge is 0.329 e. The third kappa shape index (κ3) is 7.49. The van der Waals surface area contributed by atoms with E-state index >= 15 is 0 Å². The molecule has 0 saturated heterocycles. The molecule has 162 valence electrons. The summed E-state index contributed by atoms with van der Waals surface area (Å²) in [4.78, 5) is 24.6. The topological polar surface area (TPSA) is 125 Å². The van der Waals surface area contributed by atoms with E-state index in [1.807, 2.05) is 44.2 Å². The van der Waals surface area contributed by atoms with Gasteiger partial charge in [-0.1, -0.05) is 44.2 Å². The number of carbonyl (C=O) groups is 2. The maximum Gasteiger partial charge on any atom is 0.329 e. The van der Waals surface area contributed by atoms with Crippen LogP contribution in [-0.2, 0) is 30.8 Å². The van der Waals surface area contributed by atoms with E-state index in [1.54, 1.807) is 0 Å². The highest BCUT2D eigenvalue weighted by molar-refractivity contribution is 7.89. The van der Waals surface area contributed by atoms with E-state index in [2.05, 4.69) is 5.32 Å². The Morgan fingerprint density at radius 3 is 2.20 bits per heavy atom. The molecule has 0 unspecified atom stereocenters. The summed E-state index contributed by atoms with van der Waals surface area (Å²) in [6.07, 6.45) is 0.176. The number of hydrogen-bond donors (Lipinski definition) is 2. The maximum atomic E-state index is 12.4. The van der Waals surface area contributed by atoms with Crippen LogP contribution in [0.25, 0.3) is 0 Å². The van der Waals surface area contributed by atoms with Crippen molar-refractivity contribution in [2.45, 2.75) is 31.2 Å². The highest BCUT2D eigenvalue weighted by atomic mass is 32.2. The molecule has 0 radical (unpaired) electrons. The van der Waals surface area contributed by atoms with E-state index in [0.29, 0.717) is 5.75 Å². The average molecular weight is 435 g/mol. The zero-order chi connectivity index (χ0) is 22.1. The summed E-state index contributed by atoms with van der Waals surface area (Å²) in [6, 6.07) is 14.1. The molecule has 1 amide bonds. The predicted molar refractivity (Wildman–Crippen MR) is 111 cm³/mol. The second-order valence-electron chi connectivity index (χ2n) is 6.98. The number of ether oxygens (including phenoxy) is 2. The predicted octanol–water partition coefficient (Wildman–Crippen LogP) is 1.64. The number of sulfonamides is 1. The molecule has 2 rings (SSSR count). The molecule has 9 heteroatoms. The number of benzene rings is 2. The molecule has 0 fully saturated rings. The number of nitrogens with one attached hydrogen (secondary N) is 1. The van der Waals surface area contributed by atoms with Crippen molar-refractivity contribution in [1.82, 2.24) is 5.32 Å². The molecule has 0 aliphatic heterocycles. The molecule has 2 aromatic carbocycles. The SMILES string of the molecule is CC(C)[C@H](NC(=O)Cc1ccccc1)C(=O)OCCOc1ccc(S(N)(=O)=O)cc1. The van der Waals surface area contributed by atoms with Gasteiger partial charge in [0.15, 0.2) is 0 Å². The first-order chi connectivity index (χ1) is 14.2. The maximum absolute atomic E-state index is 12.4. The van der Waals surface area contributed by atoms with E-state index in [0.717, 1.165) is 5.56 Å². The van der Waals surface area contributed by atoms with Crippen molar-refractivity contribution >= 4 is 21.9 Å². The normalized spacial score (nSPS) is 12.3. The van der Waals surface area contributed by atoms with Gasteiger partial charge >= 0.3 is 5.97 Å². The second-order valence-corrected chi connectivity index (χ2v) is 8.55. The Kier molecular flexibility index (Phi) is 8.37. The molecule has 0 saturated carbocycles. The van der Waals surface area contributed by atoms with Crippen molar-refractivity contribution in [3.63, 3.8) is 0 Å². The number of rotatable bonds is 10. The van der Waals surface area contributed by atoms with E-state index in [9.17, 15) is 18.0 Å². The summed E-state index contributed by atoms with van der Waals surface area (Å²) in [5.41, 5.74) is 0.854. The Balaban J connectivity index is 1.80. The van der Waals surface area contributed by atoms with Gasteiger partial charge in [-0.05, 0) is 35.7 Å². The van der Waals surface area contributed by atoms with Crippen LogP contribution < -0.4 is 15.2 Å². The average Bonchev–Trinajstić information content (AvgIpc) is 2.69. The van der Waals surface area contributed by atoms with Crippen molar-refractivity contribution in [2.24, 2.45) is 11.1 Å². The van der Waals surface area contributed by atoms with Gasteiger partial charge in [0, 0.05) is 0 Å². The van der Waals surface area contributed by atoms with Crippen molar-refractivity contribution < 1.29 is 27.5 Å². The lowest BCUT2D eigenvalue weighted by Crippen LogP contribution is -2.46. The van der Waals surface area contributed by atoms with Gasteiger partial charge < -0.3 is 14.8 Å². The standard InChI is InChI=1S/C21H26N2O6S/c1-15(2)20(23-19(24)14-16-6-4-3-5-7-16)21(25)29-13-12-28-17-8-10-18(11-9-17)30(22,26)27/h3-11,15,20H,12-14H2,1-2H3,(H,23,24)(H2,22,26,27)/t20-/m0/s1. The van der Waals surface area contributed by atoms with Gasteiger partial charge in [0.25, 0.3) is 0 Å². The Hall–Kier alpha value is -2.91. The van der Waals surface area contributed by atoms with Gasteiger partial charge in [0.1, 0.15) is 25.0 Å². The minimum Gasteiger partial charge on any atom is -0.490 e. The molecule has 0 aromatic heterocycles. The fourth-order valence-electron chi connectivity index (χ4n) is 2.62. The van der Waals surface area contributed by atoms with Crippen molar-refractivity contribution in [3.8, 4) is 5.75 Å². The van der Waals surface area contributed by atoms with E-state index < -0.39 is 22.0 Å². The summed E-state index contributed by atoms with van der Waals surface area (Å²) < 4.78 is 33.1. The van der Waals surface area contributed by atoms with Crippen LogP contribution in [0.3, 0.4) is 0 Å². The van der Waals surface area contributed by atoms with E-state index in [-0.39, 0.29) is 36.4 Å². The minimum atomic E-state index is -3.76. The number of esters is 1. The molecule has 0 aliphatic carbocycles. The molecule has 0 bridgehead atoms. The fourth-order valence-corrected chi connectivity index (χ4v) is 3.14. The Bertz CT molecular complexity index is 943. The van der Waals surface area contributed by atoms with Gasteiger partial charge in [0.05, 0.1) is 11.3 Å². The van der Waals surface area contributed by atoms with Crippen molar-refractivity contribution in [3.05, 3.63) is 60.2 Å². The molecule has 0 aliphatic rings. The third-order valence-electron chi connectivity index (χ3n) is 4.19. The van der Waals surface area contributed by atoms with Crippen LogP contribution in [0, 0.1) is 5.92 Å². The molecule has 30 heavy (non-hydrogen) atoms. The summed E-state index contributed by atoms with van der Waals surface area (Å²) in [5, 5.41) is 7.76. The first-order valence-corrected chi connectivity index (χ1v) is 11.0. The Labute approximate surface area is 176 Å². The summed E-state index contributed by atoms with van der Waals surface area (Å²) in [7, 11) is -3.76. The number of nitrogens with two attached hydrogens (primary N) is 1. The van der Waals surface area contributed by atoms with Gasteiger partial charge in [-0.15, -0.1) is 0 Å². The Morgan fingerprint density at radius 2 is 1.63 bits per heavy atom. The van der Waals surface area contributed by atoms with Crippen LogP contribution in [0.15, 0.2) is 59.5 Å². The Morgan fingerprint density at radius 1 is 1.00 bits per heavy atom. The zero-order valence-corrected chi connectivity index (χ0v) is 17.7. The lowest BCUT2D eigenvalue weighted by molar-refractivity contribution is -0.149. The second kappa shape index (κ2) is 10.7. The summed E-state index contributed by atoms with van der Waals surface area (Å²) in [6.45, 7) is 3.69. The zero-order valence-electron chi connectivity index (χ0n) is 16.9. The number of amides is 1. The quantitative estimate of drug-likeness (QED) is 0.433. The number of carbonyl (C=O) groups excluding carboxylic acids is 2. The lowest BCUT2D eigenvalue weighted by Gasteiger charge is -2.21. The first kappa shape index (κ1) is 23.4. The van der Waals surface area contributed by atoms with Crippen LogP contribution in [0.4, 0.5) is 0 Å². The molecule has 2 aromatic rings. The molecule has 3 N–H and O–H groups in total. The largest absolute Gasteiger partial charge is 0.490 e. The molecule has 0 spiro atoms. The van der Waals surface area contributed by atoms with Crippen LogP contribution >= 0.6 is 0 Å². The first-order valence-electron chi connectivity index (χ1n) is 9.42. The fraction of sp³-hybridized carbons (Fsp3) is 0.333. The number of primary sulfonamides is 1. The van der Waals surface area contributed by atoms with Crippen LogP contribution in [0.2, 0.25) is 0 Å². The van der Waals surface area contributed by atoms with Crippen molar-refractivity contribution in [2.75, 3.05) is 13.2 Å². The minimum absolute atomic E-state index is 0.0203. The third-order valence-corrected chi connectivity index (χ3v) is 5.12. The summed E-state index contributed by atoms with van der Waals surface area (Å²) >= 11 is 0. The highest BCUT2D eigenvalue weighted by Crippen LogP contribution is 2.14. The van der Waals surface area contributed by atoms with Crippen LogP contribution in [-0.4, -0.2) is 39.5 Å². The van der Waals surface area contributed by atoms with Gasteiger partial charge in [-0.3, -0.25) is 4.79 Å². The molecular formula is C21H26N2O6S. The van der Waals surface area contributed by atoms with E-state index in [4.69, 9.17) is 14.6 Å². The molecule has 1 atom stereocenters. The van der Waals surface area contributed by atoms with Gasteiger partial charge in [-0.2, -0.15) is 0 Å². The summed E-state index contributed by atoms with van der Waals surface area (Å²) in [5.74, 6) is -0.540. The molecule has 8 nitrogen and oxygen atoms in total. The lowest BCUT2D eigenvalue weighted by atomic mass is 10.0. The van der Waals surface area contributed by atoms with E-state index in [1.165, 1.54) is 24.3 Å². The monoisotopic (exact) mass is 434 g/mol. The van der Waals surface area contributed by atoms with Crippen LogP contribution in [0.1, 0.15) is 19.4 Å². The van der Waals surface area contributed by atoms with Crippen molar-refractivity contribution in [1.29, 1.82) is 0 Å². The van der Waals surface area contributed by atoms with Crippen LogP contribution in [0.5, 0.6) is 5.75 Å².